The first-order chi connectivity index (χ1) is 9.81. The summed E-state index contributed by atoms with van der Waals surface area (Å²) in [4.78, 5) is 5.24. The molecule has 3 heteroatoms. The normalized spacial score (nSPS) is 26.6. The lowest BCUT2D eigenvalue weighted by molar-refractivity contribution is 0.225. The second kappa shape index (κ2) is 5.98. The standard InChI is InChI=1S/C17H24N2O/c1-3-10-18-11-8-17-16(18)9-12-19(17)13-14-4-6-15(20-2)7-5-14/h3-7,16-17H,1,8-13H2,2H3/t16-,17+/m0/s1. The Hall–Kier alpha value is -1.32. The SMILES string of the molecule is C=CCN1CC[C@@H]2[C@@H]1CCN2Cc1ccc(OC)cc1. The highest BCUT2D eigenvalue weighted by Crippen LogP contribution is 2.32. The summed E-state index contributed by atoms with van der Waals surface area (Å²) in [6.07, 6.45) is 4.64. The van der Waals surface area contributed by atoms with E-state index in [4.69, 9.17) is 4.74 Å². The summed E-state index contributed by atoms with van der Waals surface area (Å²) in [5, 5.41) is 0. The van der Waals surface area contributed by atoms with E-state index >= 15 is 0 Å². The van der Waals surface area contributed by atoms with E-state index in [0.29, 0.717) is 0 Å². The Morgan fingerprint density at radius 3 is 2.45 bits per heavy atom. The van der Waals surface area contributed by atoms with Crippen molar-refractivity contribution >= 4 is 0 Å². The third kappa shape index (κ3) is 2.60. The maximum absolute atomic E-state index is 5.22. The molecule has 0 N–H and O–H groups in total. The molecule has 2 aliphatic rings. The number of methoxy groups -OCH3 is 1. The molecule has 2 atom stereocenters. The molecule has 0 unspecified atom stereocenters. The molecule has 108 valence electrons. The molecule has 1 aromatic carbocycles. The molecule has 2 saturated heterocycles. The van der Waals surface area contributed by atoms with Gasteiger partial charge in [0.15, 0.2) is 0 Å². The third-order valence-corrected chi connectivity index (χ3v) is 4.71. The molecule has 2 aliphatic heterocycles. The van der Waals surface area contributed by atoms with Gasteiger partial charge in [-0.05, 0) is 30.5 Å². The Bertz CT molecular complexity index is 457. The molecule has 0 radical (unpaired) electrons. The van der Waals surface area contributed by atoms with Crippen LogP contribution in [0.15, 0.2) is 36.9 Å². The summed E-state index contributed by atoms with van der Waals surface area (Å²) in [6.45, 7) is 8.42. The Balaban J connectivity index is 1.63. The lowest BCUT2D eigenvalue weighted by atomic mass is 10.1. The predicted octanol–water partition coefficient (Wildman–Crippen LogP) is 2.53. The van der Waals surface area contributed by atoms with Crippen molar-refractivity contribution in [3.05, 3.63) is 42.5 Å². The van der Waals surface area contributed by atoms with Gasteiger partial charge in [-0.25, -0.2) is 0 Å². The molecular formula is C17H24N2O. The Labute approximate surface area is 121 Å². The minimum Gasteiger partial charge on any atom is -0.497 e. The maximum atomic E-state index is 5.22. The molecule has 2 heterocycles. The summed E-state index contributed by atoms with van der Waals surface area (Å²) < 4.78 is 5.22. The Morgan fingerprint density at radius 2 is 1.80 bits per heavy atom. The number of hydrogen-bond acceptors (Lipinski definition) is 3. The van der Waals surface area contributed by atoms with Crippen LogP contribution in [0.3, 0.4) is 0 Å². The van der Waals surface area contributed by atoms with E-state index < -0.39 is 0 Å². The van der Waals surface area contributed by atoms with Crippen molar-refractivity contribution in [3.63, 3.8) is 0 Å². The number of hydrogen-bond donors (Lipinski definition) is 0. The molecule has 20 heavy (non-hydrogen) atoms. The molecule has 0 aliphatic carbocycles. The van der Waals surface area contributed by atoms with Crippen LogP contribution in [0, 0.1) is 0 Å². The van der Waals surface area contributed by atoms with Gasteiger partial charge in [0.2, 0.25) is 0 Å². The molecule has 3 rings (SSSR count). The molecule has 0 amide bonds. The second-order valence-electron chi connectivity index (χ2n) is 5.81. The van der Waals surface area contributed by atoms with Crippen LogP contribution in [0.1, 0.15) is 18.4 Å². The van der Waals surface area contributed by atoms with Crippen LogP contribution >= 0.6 is 0 Å². The molecule has 0 saturated carbocycles. The summed E-state index contributed by atoms with van der Waals surface area (Å²) in [5.74, 6) is 0.936. The van der Waals surface area contributed by atoms with Crippen molar-refractivity contribution in [3.8, 4) is 5.75 Å². The molecule has 3 nitrogen and oxygen atoms in total. The summed E-state index contributed by atoms with van der Waals surface area (Å²) in [6, 6.07) is 9.96. The second-order valence-corrected chi connectivity index (χ2v) is 5.81. The molecule has 2 fully saturated rings. The first kappa shape index (κ1) is 13.7. The fraction of sp³-hybridized carbons (Fsp3) is 0.529. The zero-order valence-corrected chi connectivity index (χ0v) is 12.3. The summed E-state index contributed by atoms with van der Waals surface area (Å²) >= 11 is 0. The highest BCUT2D eigenvalue weighted by atomic mass is 16.5. The van der Waals surface area contributed by atoms with Crippen LogP contribution in [-0.4, -0.2) is 48.6 Å². The van der Waals surface area contributed by atoms with E-state index in [1.54, 1.807) is 7.11 Å². The van der Waals surface area contributed by atoms with Gasteiger partial charge in [0.05, 0.1) is 7.11 Å². The smallest absolute Gasteiger partial charge is 0.118 e. The average molecular weight is 272 g/mol. The molecule has 0 spiro atoms. The van der Waals surface area contributed by atoms with Gasteiger partial charge in [0.25, 0.3) is 0 Å². The van der Waals surface area contributed by atoms with Gasteiger partial charge >= 0.3 is 0 Å². The van der Waals surface area contributed by atoms with Crippen molar-refractivity contribution in [1.82, 2.24) is 9.80 Å². The van der Waals surface area contributed by atoms with E-state index in [1.807, 2.05) is 6.08 Å². The van der Waals surface area contributed by atoms with E-state index in [-0.39, 0.29) is 0 Å². The summed E-state index contributed by atoms with van der Waals surface area (Å²) in [7, 11) is 1.72. The zero-order chi connectivity index (χ0) is 13.9. The zero-order valence-electron chi connectivity index (χ0n) is 12.3. The molecule has 1 aromatic rings. The highest BCUT2D eigenvalue weighted by Gasteiger charge is 2.41. The fourth-order valence-electron chi connectivity index (χ4n) is 3.72. The van der Waals surface area contributed by atoms with Crippen molar-refractivity contribution in [2.75, 3.05) is 26.7 Å². The van der Waals surface area contributed by atoms with Gasteiger partial charge in [-0.15, -0.1) is 6.58 Å². The van der Waals surface area contributed by atoms with Crippen molar-refractivity contribution < 1.29 is 4.74 Å². The monoisotopic (exact) mass is 272 g/mol. The first-order valence-corrected chi connectivity index (χ1v) is 7.53. The minimum atomic E-state index is 0.733. The first-order valence-electron chi connectivity index (χ1n) is 7.53. The molecular weight excluding hydrogens is 248 g/mol. The number of benzene rings is 1. The number of fused-ring (bicyclic) bond motifs is 1. The number of nitrogens with zero attached hydrogens (tertiary/aromatic N) is 2. The van der Waals surface area contributed by atoms with Crippen molar-refractivity contribution in [2.24, 2.45) is 0 Å². The quantitative estimate of drug-likeness (QED) is 0.766. The maximum Gasteiger partial charge on any atom is 0.118 e. The number of rotatable bonds is 5. The van der Waals surface area contributed by atoms with Crippen LogP contribution in [0.4, 0.5) is 0 Å². The van der Waals surface area contributed by atoms with Crippen LogP contribution in [0.25, 0.3) is 0 Å². The third-order valence-electron chi connectivity index (χ3n) is 4.71. The Kier molecular flexibility index (Phi) is 4.08. The average Bonchev–Trinajstić information content (AvgIpc) is 3.05. The van der Waals surface area contributed by atoms with Crippen LogP contribution in [0.2, 0.25) is 0 Å². The lowest BCUT2D eigenvalue weighted by Crippen LogP contribution is -2.36. The van der Waals surface area contributed by atoms with E-state index in [9.17, 15) is 0 Å². The number of ether oxygens (including phenoxy) is 1. The van der Waals surface area contributed by atoms with E-state index in [0.717, 1.165) is 30.9 Å². The lowest BCUT2D eigenvalue weighted by Gasteiger charge is -2.25. The van der Waals surface area contributed by atoms with Crippen LogP contribution in [-0.2, 0) is 6.54 Å². The van der Waals surface area contributed by atoms with Gasteiger partial charge in [0.1, 0.15) is 5.75 Å². The topological polar surface area (TPSA) is 15.7 Å². The van der Waals surface area contributed by atoms with Crippen LogP contribution in [0.5, 0.6) is 5.75 Å². The van der Waals surface area contributed by atoms with Gasteiger partial charge < -0.3 is 4.74 Å². The number of likely N-dealkylation sites (tertiary alicyclic amines) is 2. The minimum absolute atomic E-state index is 0.733. The van der Waals surface area contributed by atoms with Gasteiger partial charge in [0, 0.05) is 38.3 Å². The van der Waals surface area contributed by atoms with Gasteiger partial charge in [-0.1, -0.05) is 18.2 Å². The van der Waals surface area contributed by atoms with Crippen molar-refractivity contribution in [2.45, 2.75) is 31.5 Å². The fourth-order valence-corrected chi connectivity index (χ4v) is 3.72. The summed E-state index contributed by atoms with van der Waals surface area (Å²) in [5.41, 5.74) is 1.38. The predicted molar refractivity (Wildman–Crippen MR) is 82.0 cm³/mol. The van der Waals surface area contributed by atoms with E-state index in [2.05, 4.69) is 40.6 Å². The molecule has 0 bridgehead atoms. The highest BCUT2D eigenvalue weighted by molar-refractivity contribution is 5.27. The largest absolute Gasteiger partial charge is 0.497 e. The van der Waals surface area contributed by atoms with Crippen LogP contribution < -0.4 is 4.74 Å². The van der Waals surface area contributed by atoms with Gasteiger partial charge in [-0.3, -0.25) is 9.80 Å². The van der Waals surface area contributed by atoms with Gasteiger partial charge in [-0.2, -0.15) is 0 Å². The van der Waals surface area contributed by atoms with E-state index in [1.165, 1.54) is 31.5 Å². The van der Waals surface area contributed by atoms with Crippen molar-refractivity contribution in [1.29, 1.82) is 0 Å². The molecule has 0 aromatic heterocycles. The Morgan fingerprint density at radius 1 is 1.15 bits per heavy atom.